The molecule has 1 aliphatic heterocycles. The van der Waals surface area contributed by atoms with E-state index in [0.717, 1.165) is 48.9 Å². The molecule has 0 bridgehead atoms. The smallest absolute Gasteiger partial charge is 0.150 e. The summed E-state index contributed by atoms with van der Waals surface area (Å²) in [5, 5.41) is 15.0. The average molecular weight is 288 g/mol. The molecule has 0 spiro atoms. The lowest BCUT2D eigenvalue weighted by molar-refractivity contribution is -0.0367. The van der Waals surface area contributed by atoms with E-state index in [-0.39, 0.29) is 18.4 Å². The molecule has 5 heteroatoms. The molecule has 2 heterocycles. The van der Waals surface area contributed by atoms with Crippen LogP contribution in [0.5, 0.6) is 5.75 Å². The van der Waals surface area contributed by atoms with Crippen molar-refractivity contribution in [3.8, 4) is 5.75 Å². The molecule has 1 atom stereocenters. The summed E-state index contributed by atoms with van der Waals surface area (Å²) in [7, 11) is 0. The first kappa shape index (κ1) is 13.1. The number of fused-ring (bicyclic) bond motifs is 1. The van der Waals surface area contributed by atoms with Crippen molar-refractivity contribution in [2.45, 2.75) is 43.9 Å². The van der Waals surface area contributed by atoms with Gasteiger partial charge in [0.1, 0.15) is 11.4 Å². The maximum absolute atomic E-state index is 9.39. The van der Waals surface area contributed by atoms with Crippen molar-refractivity contribution < 1.29 is 14.6 Å². The Morgan fingerprint density at radius 2 is 2.29 bits per heavy atom. The van der Waals surface area contributed by atoms with Crippen LogP contribution in [0.1, 0.15) is 38.3 Å². The number of hydrogen-bond acceptors (Lipinski definition) is 4. The summed E-state index contributed by atoms with van der Waals surface area (Å²) in [5.74, 6) is 0.798. The maximum Gasteiger partial charge on any atom is 0.150 e. The van der Waals surface area contributed by atoms with Crippen LogP contribution in [-0.2, 0) is 4.74 Å². The Hall–Kier alpha value is -1.59. The fraction of sp³-hybridized carbons (Fsp3) is 0.562. The third kappa shape index (κ3) is 2.40. The van der Waals surface area contributed by atoms with Crippen LogP contribution in [0.4, 0.5) is 0 Å². The monoisotopic (exact) mass is 288 g/mol. The van der Waals surface area contributed by atoms with Crippen LogP contribution in [0.2, 0.25) is 0 Å². The second kappa shape index (κ2) is 5.00. The second-order valence-electron chi connectivity index (χ2n) is 6.07. The van der Waals surface area contributed by atoms with Gasteiger partial charge >= 0.3 is 0 Å². The molecule has 112 valence electrons. The van der Waals surface area contributed by atoms with Crippen LogP contribution < -0.4 is 4.74 Å². The second-order valence-corrected chi connectivity index (χ2v) is 6.07. The first-order valence-electron chi connectivity index (χ1n) is 7.68. The highest BCUT2D eigenvalue weighted by Crippen LogP contribution is 2.40. The van der Waals surface area contributed by atoms with Gasteiger partial charge in [-0.05, 0) is 44.2 Å². The fourth-order valence-corrected chi connectivity index (χ4v) is 2.91. The standard InChI is InChI=1S/C16H20N2O3/c19-11-16(6-7-16)21-13-5-4-12-10-17-18(14(12)9-13)15-3-1-2-8-20-15/h4-5,9-10,15,19H,1-3,6-8,11H2. The summed E-state index contributed by atoms with van der Waals surface area (Å²) in [4.78, 5) is 0. The van der Waals surface area contributed by atoms with Gasteiger partial charge in [0.05, 0.1) is 18.3 Å². The Kier molecular flexibility index (Phi) is 3.12. The highest BCUT2D eigenvalue weighted by molar-refractivity contribution is 5.80. The third-order valence-corrected chi connectivity index (χ3v) is 4.43. The average Bonchev–Trinajstić information content (AvgIpc) is 3.18. The van der Waals surface area contributed by atoms with Crippen LogP contribution in [0.3, 0.4) is 0 Å². The Labute approximate surface area is 123 Å². The van der Waals surface area contributed by atoms with Gasteiger partial charge in [-0.2, -0.15) is 5.10 Å². The van der Waals surface area contributed by atoms with Gasteiger partial charge in [0.15, 0.2) is 6.23 Å². The molecule has 1 aliphatic carbocycles. The van der Waals surface area contributed by atoms with Crippen molar-refractivity contribution in [2.75, 3.05) is 13.2 Å². The Morgan fingerprint density at radius 1 is 1.38 bits per heavy atom. The molecule has 4 rings (SSSR count). The molecule has 1 saturated heterocycles. The van der Waals surface area contributed by atoms with Gasteiger partial charge in [-0.25, -0.2) is 4.68 Å². The Morgan fingerprint density at radius 3 is 3.00 bits per heavy atom. The lowest BCUT2D eigenvalue weighted by Crippen LogP contribution is -2.22. The number of aliphatic hydroxyl groups is 1. The normalized spacial score (nSPS) is 24.1. The maximum atomic E-state index is 9.39. The van der Waals surface area contributed by atoms with Crippen molar-refractivity contribution >= 4 is 10.9 Å². The molecule has 21 heavy (non-hydrogen) atoms. The molecule has 0 radical (unpaired) electrons. The van der Waals surface area contributed by atoms with E-state index in [9.17, 15) is 5.11 Å². The van der Waals surface area contributed by atoms with Gasteiger partial charge in [-0.15, -0.1) is 0 Å². The number of ether oxygens (including phenoxy) is 2. The SMILES string of the molecule is OCC1(Oc2ccc3cnn(C4CCCCO4)c3c2)CC1. The predicted molar refractivity (Wildman–Crippen MR) is 78.3 cm³/mol. The van der Waals surface area contributed by atoms with E-state index in [4.69, 9.17) is 9.47 Å². The summed E-state index contributed by atoms with van der Waals surface area (Å²) in [5.41, 5.74) is 0.688. The van der Waals surface area contributed by atoms with Crippen molar-refractivity contribution in [2.24, 2.45) is 0 Å². The van der Waals surface area contributed by atoms with E-state index >= 15 is 0 Å². The zero-order valence-corrected chi connectivity index (χ0v) is 12.0. The molecule has 1 aromatic carbocycles. The molecule has 1 aromatic heterocycles. The highest BCUT2D eigenvalue weighted by atomic mass is 16.5. The van der Waals surface area contributed by atoms with Gasteiger partial charge in [0, 0.05) is 18.1 Å². The van der Waals surface area contributed by atoms with E-state index in [1.54, 1.807) is 0 Å². The van der Waals surface area contributed by atoms with E-state index in [0.29, 0.717) is 0 Å². The summed E-state index contributed by atoms with van der Waals surface area (Å²) < 4.78 is 13.7. The molecule has 1 unspecified atom stereocenters. The van der Waals surface area contributed by atoms with E-state index in [1.807, 2.05) is 29.1 Å². The minimum absolute atomic E-state index is 0.0271. The van der Waals surface area contributed by atoms with Crippen LogP contribution in [0.25, 0.3) is 10.9 Å². The molecular formula is C16H20N2O3. The minimum Gasteiger partial charge on any atom is -0.485 e. The predicted octanol–water partition coefficient (Wildman–Crippen LogP) is 2.64. The number of aromatic nitrogens is 2. The minimum atomic E-state index is -0.347. The lowest BCUT2D eigenvalue weighted by atomic mass is 10.2. The van der Waals surface area contributed by atoms with Gasteiger partial charge < -0.3 is 14.6 Å². The molecule has 2 fully saturated rings. The van der Waals surface area contributed by atoms with E-state index in [1.165, 1.54) is 6.42 Å². The number of rotatable bonds is 4. The number of nitrogens with zero attached hydrogens (tertiary/aromatic N) is 2. The lowest BCUT2D eigenvalue weighted by Gasteiger charge is -2.23. The van der Waals surface area contributed by atoms with Crippen LogP contribution in [-0.4, -0.2) is 33.7 Å². The number of hydrogen-bond donors (Lipinski definition) is 1. The molecule has 5 nitrogen and oxygen atoms in total. The number of aliphatic hydroxyl groups excluding tert-OH is 1. The van der Waals surface area contributed by atoms with Crippen LogP contribution in [0, 0.1) is 0 Å². The summed E-state index contributed by atoms with van der Waals surface area (Å²) >= 11 is 0. The molecule has 1 N–H and O–H groups in total. The molecule has 1 saturated carbocycles. The first-order chi connectivity index (χ1) is 10.3. The largest absolute Gasteiger partial charge is 0.485 e. The van der Waals surface area contributed by atoms with Crippen molar-refractivity contribution in [3.05, 3.63) is 24.4 Å². The summed E-state index contributed by atoms with van der Waals surface area (Å²) in [6.07, 6.45) is 7.05. The molecule has 2 aliphatic rings. The van der Waals surface area contributed by atoms with Gasteiger partial charge in [0.2, 0.25) is 0 Å². The van der Waals surface area contributed by atoms with Gasteiger partial charge in [-0.3, -0.25) is 0 Å². The quantitative estimate of drug-likeness (QED) is 0.939. The zero-order chi connectivity index (χ0) is 14.3. The zero-order valence-electron chi connectivity index (χ0n) is 12.0. The van der Waals surface area contributed by atoms with E-state index < -0.39 is 0 Å². The number of benzene rings is 1. The Balaban J connectivity index is 1.65. The molecular weight excluding hydrogens is 268 g/mol. The van der Waals surface area contributed by atoms with Crippen LogP contribution >= 0.6 is 0 Å². The molecule has 0 amide bonds. The van der Waals surface area contributed by atoms with Crippen molar-refractivity contribution in [1.82, 2.24) is 9.78 Å². The van der Waals surface area contributed by atoms with Gasteiger partial charge in [0.25, 0.3) is 0 Å². The fourth-order valence-electron chi connectivity index (χ4n) is 2.91. The van der Waals surface area contributed by atoms with Crippen molar-refractivity contribution in [1.29, 1.82) is 0 Å². The van der Waals surface area contributed by atoms with Gasteiger partial charge in [-0.1, -0.05) is 0 Å². The van der Waals surface area contributed by atoms with Crippen molar-refractivity contribution in [3.63, 3.8) is 0 Å². The molecule has 2 aromatic rings. The summed E-state index contributed by atoms with van der Waals surface area (Å²) in [6.45, 7) is 0.881. The van der Waals surface area contributed by atoms with Crippen LogP contribution in [0.15, 0.2) is 24.4 Å². The first-order valence-corrected chi connectivity index (χ1v) is 7.68. The van der Waals surface area contributed by atoms with E-state index in [2.05, 4.69) is 5.10 Å². The third-order valence-electron chi connectivity index (χ3n) is 4.43. The highest BCUT2D eigenvalue weighted by Gasteiger charge is 2.45. The summed E-state index contributed by atoms with van der Waals surface area (Å²) in [6, 6.07) is 5.98. The Bertz CT molecular complexity index is 642. The topological polar surface area (TPSA) is 56.5 Å².